The number of non-ortho nitro benzene ring substituents is 1. The van der Waals surface area contributed by atoms with Crippen molar-refractivity contribution in [3.8, 4) is 5.75 Å². The summed E-state index contributed by atoms with van der Waals surface area (Å²) in [6.45, 7) is 0.298. The van der Waals surface area contributed by atoms with E-state index in [1.807, 2.05) is 17.5 Å². The van der Waals surface area contributed by atoms with Crippen LogP contribution >= 0.6 is 11.3 Å². The van der Waals surface area contributed by atoms with E-state index < -0.39 is 4.92 Å². The van der Waals surface area contributed by atoms with Gasteiger partial charge in [0.1, 0.15) is 12.3 Å². The highest BCUT2D eigenvalue weighted by atomic mass is 32.1. The van der Waals surface area contributed by atoms with E-state index in [4.69, 9.17) is 4.74 Å². The predicted octanol–water partition coefficient (Wildman–Crippen LogP) is 2.75. The standard InChI is InChI=1S/C18H17N3O5S/c22-17(19-7-1-3-13(19)16-4-2-8-27-16)10-20-14-9-12(21(24)25)5-6-15(14)26-11-18(20)23/h2,4-6,8-9,13H,1,3,7,10-11H2. The van der Waals surface area contributed by atoms with Crippen LogP contribution in [0.1, 0.15) is 23.8 Å². The van der Waals surface area contributed by atoms with Crippen LogP contribution in [-0.2, 0) is 9.59 Å². The maximum atomic E-state index is 13.0. The molecule has 8 nitrogen and oxygen atoms in total. The molecule has 1 aromatic heterocycles. The number of ether oxygens (including phenoxy) is 1. The van der Waals surface area contributed by atoms with Crippen LogP contribution in [0.4, 0.5) is 11.4 Å². The number of nitro benzene ring substituents is 1. The van der Waals surface area contributed by atoms with Crippen molar-refractivity contribution in [3.05, 3.63) is 50.7 Å². The zero-order valence-electron chi connectivity index (χ0n) is 14.4. The van der Waals surface area contributed by atoms with Crippen molar-refractivity contribution in [3.63, 3.8) is 0 Å². The van der Waals surface area contributed by atoms with Gasteiger partial charge in [-0.15, -0.1) is 11.3 Å². The Morgan fingerprint density at radius 3 is 2.96 bits per heavy atom. The molecule has 0 saturated carbocycles. The molecule has 0 radical (unpaired) electrons. The molecule has 1 atom stereocenters. The number of rotatable bonds is 4. The Labute approximate surface area is 159 Å². The number of nitro groups is 1. The quantitative estimate of drug-likeness (QED) is 0.594. The molecule has 2 aliphatic rings. The van der Waals surface area contributed by atoms with E-state index in [1.165, 1.54) is 23.1 Å². The Morgan fingerprint density at radius 2 is 2.22 bits per heavy atom. The van der Waals surface area contributed by atoms with Crippen molar-refractivity contribution in [2.45, 2.75) is 18.9 Å². The van der Waals surface area contributed by atoms with Crippen LogP contribution in [-0.4, -0.2) is 41.3 Å². The molecular weight excluding hydrogens is 370 g/mol. The second kappa shape index (κ2) is 6.99. The van der Waals surface area contributed by atoms with Crippen LogP contribution < -0.4 is 9.64 Å². The molecule has 2 aliphatic heterocycles. The Morgan fingerprint density at radius 1 is 1.37 bits per heavy atom. The third kappa shape index (κ3) is 3.25. The van der Waals surface area contributed by atoms with E-state index in [0.29, 0.717) is 12.3 Å². The fourth-order valence-corrected chi connectivity index (χ4v) is 4.42. The first-order chi connectivity index (χ1) is 13.0. The van der Waals surface area contributed by atoms with Gasteiger partial charge in [-0.3, -0.25) is 24.6 Å². The van der Waals surface area contributed by atoms with Crippen LogP contribution in [0.3, 0.4) is 0 Å². The molecule has 0 aliphatic carbocycles. The van der Waals surface area contributed by atoms with Crippen LogP contribution in [0.2, 0.25) is 0 Å². The second-order valence-corrected chi connectivity index (χ2v) is 7.42. The second-order valence-electron chi connectivity index (χ2n) is 6.44. The smallest absolute Gasteiger partial charge is 0.271 e. The van der Waals surface area contributed by atoms with Crippen molar-refractivity contribution in [2.24, 2.45) is 0 Å². The van der Waals surface area contributed by atoms with Gasteiger partial charge in [-0.25, -0.2) is 0 Å². The monoisotopic (exact) mass is 387 g/mol. The maximum absolute atomic E-state index is 13.0. The van der Waals surface area contributed by atoms with Gasteiger partial charge in [-0.2, -0.15) is 0 Å². The van der Waals surface area contributed by atoms with Crippen molar-refractivity contribution >= 4 is 34.5 Å². The number of amides is 2. The highest BCUT2D eigenvalue weighted by molar-refractivity contribution is 7.10. The van der Waals surface area contributed by atoms with Crippen LogP contribution in [0, 0.1) is 10.1 Å². The first-order valence-electron chi connectivity index (χ1n) is 8.59. The lowest BCUT2D eigenvalue weighted by Crippen LogP contribution is -2.46. The van der Waals surface area contributed by atoms with Crippen molar-refractivity contribution < 1.29 is 19.2 Å². The average molecular weight is 387 g/mol. The molecule has 0 bridgehead atoms. The molecule has 0 spiro atoms. The van der Waals surface area contributed by atoms with Gasteiger partial charge in [-0.1, -0.05) is 6.07 Å². The fourth-order valence-electron chi connectivity index (χ4n) is 3.55. The molecule has 1 saturated heterocycles. The van der Waals surface area contributed by atoms with Crippen LogP contribution in [0.15, 0.2) is 35.7 Å². The molecule has 3 heterocycles. The molecule has 4 rings (SSSR count). The summed E-state index contributed by atoms with van der Waals surface area (Å²) >= 11 is 1.61. The lowest BCUT2D eigenvalue weighted by atomic mass is 10.1. The summed E-state index contributed by atoms with van der Waals surface area (Å²) in [7, 11) is 0. The van der Waals surface area contributed by atoms with Crippen molar-refractivity contribution in [1.82, 2.24) is 4.90 Å². The van der Waals surface area contributed by atoms with Crippen molar-refractivity contribution in [1.29, 1.82) is 0 Å². The topological polar surface area (TPSA) is 93.0 Å². The highest BCUT2D eigenvalue weighted by Gasteiger charge is 2.35. The van der Waals surface area contributed by atoms with Gasteiger partial charge in [0.05, 0.1) is 16.7 Å². The lowest BCUT2D eigenvalue weighted by Gasteiger charge is -2.31. The molecular formula is C18H17N3O5S. The van der Waals surface area contributed by atoms with E-state index in [1.54, 1.807) is 16.2 Å². The first-order valence-corrected chi connectivity index (χ1v) is 9.47. The van der Waals surface area contributed by atoms with E-state index in [2.05, 4.69) is 0 Å². The molecule has 1 unspecified atom stereocenters. The minimum atomic E-state index is -0.535. The minimum absolute atomic E-state index is 0.0261. The molecule has 1 fully saturated rings. The number of anilines is 1. The molecule has 2 aromatic rings. The number of nitrogens with zero attached hydrogens (tertiary/aromatic N) is 3. The Kier molecular flexibility index (Phi) is 4.53. The van der Waals surface area contributed by atoms with E-state index in [0.717, 1.165) is 17.7 Å². The maximum Gasteiger partial charge on any atom is 0.271 e. The number of hydrogen-bond donors (Lipinski definition) is 0. The van der Waals surface area contributed by atoms with Crippen LogP contribution in [0.25, 0.3) is 0 Å². The summed E-state index contributed by atoms with van der Waals surface area (Å²) in [5.41, 5.74) is 0.114. The summed E-state index contributed by atoms with van der Waals surface area (Å²) in [5, 5.41) is 13.1. The number of carbonyl (C=O) groups is 2. The summed E-state index contributed by atoms with van der Waals surface area (Å²) < 4.78 is 5.35. The molecule has 0 N–H and O–H groups in total. The number of benzene rings is 1. The molecule has 27 heavy (non-hydrogen) atoms. The summed E-state index contributed by atoms with van der Waals surface area (Å²) in [6.07, 6.45) is 1.80. The first kappa shape index (κ1) is 17.5. The highest BCUT2D eigenvalue weighted by Crippen LogP contribution is 2.37. The zero-order chi connectivity index (χ0) is 19.0. The van der Waals surface area contributed by atoms with Gasteiger partial charge in [0.25, 0.3) is 11.6 Å². The normalized spacial score (nSPS) is 19.0. The van der Waals surface area contributed by atoms with Gasteiger partial charge in [0.2, 0.25) is 5.91 Å². The van der Waals surface area contributed by atoms with Gasteiger partial charge >= 0.3 is 0 Å². The number of thiophene rings is 1. The van der Waals surface area contributed by atoms with E-state index in [9.17, 15) is 19.7 Å². The zero-order valence-corrected chi connectivity index (χ0v) is 15.2. The van der Waals surface area contributed by atoms with Crippen LogP contribution in [0.5, 0.6) is 5.75 Å². The van der Waals surface area contributed by atoms with E-state index in [-0.39, 0.29) is 42.4 Å². The molecule has 9 heteroatoms. The number of carbonyl (C=O) groups excluding carboxylic acids is 2. The van der Waals surface area contributed by atoms with Gasteiger partial charge < -0.3 is 9.64 Å². The Balaban J connectivity index is 1.59. The summed E-state index contributed by atoms with van der Waals surface area (Å²) in [5.74, 6) is -0.189. The SMILES string of the molecule is O=C1COc2ccc([N+](=O)[O-])cc2N1CC(=O)N1CCCC1c1cccs1. The number of hydrogen-bond acceptors (Lipinski definition) is 6. The lowest BCUT2D eigenvalue weighted by molar-refractivity contribution is -0.384. The van der Waals surface area contributed by atoms with Crippen molar-refractivity contribution in [2.75, 3.05) is 24.6 Å². The average Bonchev–Trinajstić information content (AvgIpc) is 3.34. The van der Waals surface area contributed by atoms with Gasteiger partial charge in [0.15, 0.2) is 6.61 Å². The van der Waals surface area contributed by atoms with Gasteiger partial charge in [0, 0.05) is 23.6 Å². The molecule has 140 valence electrons. The molecule has 1 aromatic carbocycles. The van der Waals surface area contributed by atoms with Gasteiger partial charge in [-0.05, 0) is 30.4 Å². The minimum Gasteiger partial charge on any atom is -0.482 e. The van der Waals surface area contributed by atoms with E-state index >= 15 is 0 Å². The Hall–Kier alpha value is -2.94. The fraction of sp³-hybridized carbons (Fsp3) is 0.333. The largest absolute Gasteiger partial charge is 0.482 e. The summed E-state index contributed by atoms with van der Waals surface area (Å²) in [6, 6.07) is 8.06. The number of fused-ring (bicyclic) bond motifs is 1. The third-order valence-electron chi connectivity index (χ3n) is 4.83. The predicted molar refractivity (Wildman–Crippen MR) is 99.0 cm³/mol. The Bertz CT molecular complexity index is 898. The molecule has 2 amide bonds. The third-order valence-corrected chi connectivity index (χ3v) is 5.81. The number of likely N-dealkylation sites (tertiary alicyclic amines) is 1. The summed E-state index contributed by atoms with van der Waals surface area (Å²) in [4.78, 5) is 40.1.